The van der Waals surface area contributed by atoms with Gasteiger partial charge in [0.15, 0.2) is 0 Å². The van der Waals surface area contributed by atoms with Crippen molar-refractivity contribution in [3.63, 3.8) is 0 Å². The molecule has 0 bridgehead atoms. The van der Waals surface area contributed by atoms with Crippen LogP contribution in [-0.4, -0.2) is 61.5 Å². The van der Waals surface area contributed by atoms with Gasteiger partial charge >= 0.3 is 0 Å². The zero-order chi connectivity index (χ0) is 13.1. The third kappa shape index (κ3) is 3.96. The topological polar surface area (TPSA) is 35.6 Å². The fourth-order valence-corrected chi connectivity index (χ4v) is 2.21. The van der Waals surface area contributed by atoms with Crippen LogP contribution in [-0.2, 0) is 4.79 Å². The van der Waals surface area contributed by atoms with Crippen LogP contribution in [0.3, 0.4) is 0 Å². The zero-order valence-corrected chi connectivity index (χ0v) is 11.9. The van der Waals surface area contributed by atoms with E-state index in [-0.39, 0.29) is 17.4 Å². The molecule has 1 fully saturated rings. The maximum Gasteiger partial charge on any atom is 0.229 e. The third-order valence-corrected chi connectivity index (χ3v) is 3.50. The van der Waals surface area contributed by atoms with E-state index in [0.29, 0.717) is 0 Å². The van der Waals surface area contributed by atoms with E-state index < -0.39 is 0 Å². The van der Waals surface area contributed by atoms with Crippen molar-refractivity contribution in [2.24, 2.45) is 5.41 Å². The molecule has 0 aromatic carbocycles. The van der Waals surface area contributed by atoms with Gasteiger partial charge in [-0.2, -0.15) is 0 Å². The molecule has 0 aromatic heterocycles. The Bertz CT molecular complexity index is 257. The average molecular weight is 241 g/mol. The van der Waals surface area contributed by atoms with Crippen molar-refractivity contribution in [3.8, 4) is 0 Å². The second kappa shape index (κ2) is 5.83. The minimum atomic E-state index is -0.295. The fraction of sp³-hybridized carbons (Fsp3) is 0.923. The molecule has 0 atom stereocenters. The molecule has 1 N–H and O–H groups in total. The zero-order valence-electron chi connectivity index (χ0n) is 11.9. The van der Waals surface area contributed by atoms with Crippen LogP contribution in [0, 0.1) is 5.41 Å². The standard InChI is InChI=1S/C13H27N3O/c1-11(2)15(5)12(17)13(3,4)10-16-8-6-14-7-9-16/h11,14H,6-10H2,1-5H3. The van der Waals surface area contributed by atoms with Gasteiger partial charge < -0.3 is 10.2 Å². The minimum absolute atomic E-state index is 0.242. The molecule has 0 saturated carbocycles. The maximum atomic E-state index is 12.4. The first-order valence-corrected chi connectivity index (χ1v) is 6.55. The second-order valence-corrected chi connectivity index (χ2v) is 5.92. The van der Waals surface area contributed by atoms with Gasteiger partial charge in [-0.15, -0.1) is 0 Å². The molecule has 100 valence electrons. The van der Waals surface area contributed by atoms with Crippen molar-refractivity contribution in [3.05, 3.63) is 0 Å². The summed E-state index contributed by atoms with van der Waals surface area (Å²) in [6, 6.07) is 0.268. The van der Waals surface area contributed by atoms with Crippen LogP contribution in [0.25, 0.3) is 0 Å². The first-order chi connectivity index (χ1) is 7.84. The van der Waals surface area contributed by atoms with E-state index in [4.69, 9.17) is 0 Å². The van der Waals surface area contributed by atoms with Crippen LogP contribution in [0.4, 0.5) is 0 Å². The van der Waals surface area contributed by atoms with Crippen LogP contribution in [0.2, 0.25) is 0 Å². The third-order valence-electron chi connectivity index (χ3n) is 3.50. The number of nitrogens with zero attached hydrogens (tertiary/aromatic N) is 2. The molecule has 1 aliphatic heterocycles. The molecule has 1 heterocycles. The molecule has 17 heavy (non-hydrogen) atoms. The normalized spacial score (nSPS) is 18.5. The highest BCUT2D eigenvalue weighted by atomic mass is 16.2. The molecule has 1 rings (SSSR count). The smallest absolute Gasteiger partial charge is 0.229 e. The first kappa shape index (κ1) is 14.5. The minimum Gasteiger partial charge on any atom is -0.343 e. The van der Waals surface area contributed by atoms with Crippen LogP contribution in [0.5, 0.6) is 0 Å². The average Bonchev–Trinajstić information content (AvgIpc) is 2.27. The Kier molecular flexibility index (Phi) is 4.95. The van der Waals surface area contributed by atoms with Gasteiger partial charge in [-0.1, -0.05) is 0 Å². The predicted octanol–water partition coefficient (Wildman–Crippen LogP) is 0.785. The van der Waals surface area contributed by atoms with Crippen molar-refractivity contribution in [1.82, 2.24) is 15.1 Å². The molecule has 0 spiro atoms. The molecular weight excluding hydrogens is 214 g/mol. The van der Waals surface area contributed by atoms with Gasteiger partial charge in [0, 0.05) is 45.8 Å². The predicted molar refractivity (Wildman–Crippen MR) is 71.0 cm³/mol. The Labute approximate surface area is 105 Å². The van der Waals surface area contributed by atoms with Crippen LogP contribution < -0.4 is 5.32 Å². The number of carbonyl (C=O) groups excluding carboxylic acids is 1. The van der Waals surface area contributed by atoms with E-state index in [1.807, 2.05) is 11.9 Å². The van der Waals surface area contributed by atoms with E-state index >= 15 is 0 Å². The highest BCUT2D eigenvalue weighted by molar-refractivity contribution is 5.82. The maximum absolute atomic E-state index is 12.4. The number of piperazine rings is 1. The molecule has 0 aromatic rings. The van der Waals surface area contributed by atoms with Gasteiger partial charge in [-0.25, -0.2) is 0 Å². The highest BCUT2D eigenvalue weighted by Crippen LogP contribution is 2.21. The Morgan fingerprint density at radius 1 is 1.35 bits per heavy atom. The van der Waals surface area contributed by atoms with Gasteiger partial charge in [-0.3, -0.25) is 9.69 Å². The largest absolute Gasteiger partial charge is 0.343 e. The number of hydrogen-bond acceptors (Lipinski definition) is 3. The molecule has 4 nitrogen and oxygen atoms in total. The summed E-state index contributed by atoms with van der Waals surface area (Å²) in [5, 5.41) is 3.33. The van der Waals surface area contributed by atoms with Crippen molar-refractivity contribution < 1.29 is 4.79 Å². The molecular formula is C13H27N3O. The molecule has 1 saturated heterocycles. The fourth-order valence-electron chi connectivity index (χ4n) is 2.21. The lowest BCUT2D eigenvalue weighted by molar-refractivity contribution is -0.141. The van der Waals surface area contributed by atoms with Crippen LogP contribution >= 0.6 is 0 Å². The quantitative estimate of drug-likeness (QED) is 0.790. The Hall–Kier alpha value is -0.610. The summed E-state index contributed by atoms with van der Waals surface area (Å²) in [5.41, 5.74) is -0.295. The van der Waals surface area contributed by atoms with E-state index in [9.17, 15) is 4.79 Å². The first-order valence-electron chi connectivity index (χ1n) is 6.55. The summed E-state index contributed by atoms with van der Waals surface area (Å²) < 4.78 is 0. The summed E-state index contributed by atoms with van der Waals surface area (Å²) in [6.45, 7) is 13.2. The van der Waals surface area contributed by atoms with Gasteiger partial charge in [0.25, 0.3) is 0 Å². The van der Waals surface area contributed by atoms with E-state index in [2.05, 4.69) is 37.9 Å². The van der Waals surface area contributed by atoms with Crippen molar-refractivity contribution in [1.29, 1.82) is 0 Å². The Morgan fingerprint density at radius 2 is 1.88 bits per heavy atom. The molecule has 0 unspecified atom stereocenters. The molecule has 0 aliphatic carbocycles. The van der Waals surface area contributed by atoms with Gasteiger partial charge in [0.05, 0.1) is 5.41 Å². The van der Waals surface area contributed by atoms with E-state index in [1.54, 1.807) is 0 Å². The van der Waals surface area contributed by atoms with Crippen molar-refractivity contribution >= 4 is 5.91 Å². The van der Waals surface area contributed by atoms with Crippen LogP contribution in [0.1, 0.15) is 27.7 Å². The highest BCUT2D eigenvalue weighted by Gasteiger charge is 2.33. The molecule has 4 heteroatoms. The number of amides is 1. The Balaban J connectivity index is 2.56. The second-order valence-electron chi connectivity index (χ2n) is 5.92. The lowest BCUT2D eigenvalue weighted by atomic mass is 9.90. The summed E-state index contributed by atoms with van der Waals surface area (Å²) in [5.74, 6) is 0.242. The summed E-state index contributed by atoms with van der Waals surface area (Å²) in [7, 11) is 1.90. The molecule has 1 amide bonds. The van der Waals surface area contributed by atoms with Crippen molar-refractivity contribution in [2.75, 3.05) is 39.8 Å². The van der Waals surface area contributed by atoms with Crippen LogP contribution in [0.15, 0.2) is 0 Å². The monoisotopic (exact) mass is 241 g/mol. The lowest BCUT2D eigenvalue weighted by Crippen LogP contribution is -2.51. The molecule has 0 radical (unpaired) electrons. The molecule has 1 aliphatic rings. The lowest BCUT2D eigenvalue weighted by Gasteiger charge is -2.37. The summed E-state index contributed by atoms with van der Waals surface area (Å²) in [6.07, 6.45) is 0. The van der Waals surface area contributed by atoms with E-state index in [1.165, 1.54) is 0 Å². The summed E-state index contributed by atoms with van der Waals surface area (Å²) >= 11 is 0. The van der Waals surface area contributed by atoms with Crippen molar-refractivity contribution in [2.45, 2.75) is 33.7 Å². The SMILES string of the molecule is CC(C)N(C)C(=O)C(C)(C)CN1CCNCC1. The van der Waals surface area contributed by atoms with Gasteiger partial charge in [-0.05, 0) is 27.7 Å². The number of carbonyl (C=O) groups is 1. The number of hydrogen-bond donors (Lipinski definition) is 1. The Morgan fingerprint density at radius 3 is 2.35 bits per heavy atom. The number of nitrogens with one attached hydrogen (secondary N) is 1. The van der Waals surface area contributed by atoms with Gasteiger partial charge in [0.2, 0.25) is 5.91 Å². The summed E-state index contributed by atoms with van der Waals surface area (Å²) in [4.78, 5) is 16.6. The number of rotatable bonds is 4. The van der Waals surface area contributed by atoms with E-state index in [0.717, 1.165) is 32.7 Å². The van der Waals surface area contributed by atoms with Gasteiger partial charge in [0.1, 0.15) is 0 Å².